The Balaban J connectivity index is 3.61. The van der Waals surface area contributed by atoms with Gasteiger partial charge in [-0.1, -0.05) is 22.5 Å². The fourth-order valence-corrected chi connectivity index (χ4v) is 0.676. The third kappa shape index (κ3) is 4.28. The second-order valence-corrected chi connectivity index (χ2v) is 2.29. The van der Waals surface area contributed by atoms with Gasteiger partial charge in [0.05, 0.1) is 7.11 Å². The van der Waals surface area contributed by atoms with E-state index in [1.54, 1.807) is 13.2 Å². The SMILES string of the molecule is C=CC(=CCCBr)OC. The molecule has 0 aliphatic rings. The van der Waals surface area contributed by atoms with E-state index in [0.29, 0.717) is 0 Å². The molecule has 0 atom stereocenters. The van der Waals surface area contributed by atoms with Crippen LogP contribution in [0.25, 0.3) is 0 Å². The van der Waals surface area contributed by atoms with Crippen molar-refractivity contribution in [1.82, 2.24) is 0 Å². The molecule has 0 saturated carbocycles. The molecule has 0 N–H and O–H groups in total. The van der Waals surface area contributed by atoms with Crippen LogP contribution in [-0.2, 0) is 4.74 Å². The van der Waals surface area contributed by atoms with E-state index < -0.39 is 0 Å². The van der Waals surface area contributed by atoms with E-state index >= 15 is 0 Å². The molecule has 2 heteroatoms. The normalized spacial score (nSPS) is 11.1. The Bertz CT molecular complexity index is 107. The molecule has 0 heterocycles. The number of rotatable bonds is 4. The predicted molar refractivity (Wildman–Crippen MR) is 43.7 cm³/mol. The second kappa shape index (κ2) is 5.89. The van der Waals surface area contributed by atoms with Crippen molar-refractivity contribution in [2.45, 2.75) is 6.42 Å². The lowest BCUT2D eigenvalue weighted by Crippen LogP contribution is -1.80. The summed E-state index contributed by atoms with van der Waals surface area (Å²) in [5.41, 5.74) is 0. The summed E-state index contributed by atoms with van der Waals surface area (Å²) in [5, 5.41) is 0.966. The van der Waals surface area contributed by atoms with Crippen molar-refractivity contribution >= 4 is 15.9 Å². The van der Waals surface area contributed by atoms with Gasteiger partial charge in [-0.3, -0.25) is 0 Å². The minimum Gasteiger partial charge on any atom is -0.497 e. The van der Waals surface area contributed by atoms with Gasteiger partial charge in [-0.05, 0) is 18.6 Å². The summed E-state index contributed by atoms with van der Waals surface area (Å²) in [5.74, 6) is 0.842. The minimum atomic E-state index is 0.842. The highest BCUT2D eigenvalue weighted by molar-refractivity contribution is 9.09. The standard InChI is InChI=1S/C7H11BrO/c1-3-7(9-2)5-4-6-8/h3,5H,1,4,6H2,2H3. The topological polar surface area (TPSA) is 9.23 Å². The molecule has 0 radical (unpaired) electrons. The summed E-state index contributed by atoms with van der Waals surface area (Å²) < 4.78 is 4.92. The highest BCUT2D eigenvalue weighted by Gasteiger charge is 1.84. The molecule has 9 heavy (non-hydrogen) atoms. The van der Waals surface area contributed by atoms with E-state index in [4.69, 9.17) is 4.74 Å². The number of hydrogen-bond donors (Lipinski definition) is 0. The molecule has 0 aliphatic heterocycles. The van der Waals surface area contributed by atoms with Crippen LogP contribution >= 0.6 is 15.9 Å². The van der Waals surface area contributed by atoms with Gasteiger partial charge in [0.15, 0.2) is 0 Å². The molecule has 0 bridgehead atoms. The van der Waals surface area contributed by atoms with Gasteiger partial charge in [0.25, 0.3) is 0 Å². The molecule has 0 fully saturated rings. The number of methoxy groups -OCH3 is 1. The molecule has 0 aromatic heterocycles. The van der Waals surface area contributed by atoms with Crippen molar-refractivity contribution in [1.29, 1.82) is 0 Å². The summed E-state index contributed by atoms with van der Waals surface area (Å²) >= 11 is 3.30. The van der Waals surface area contributed by atoms with Crippen LogP contribution in [0.2, 0.25) is 0 Å². The molecular weight excluding hydrogens is 180 g/mol. The molecule has 1 nitrogen and oxygen atoms in total. The maximum atomic E-state index is 4.92. The van der Waals surface area contributed by atoms with Crippen LogP contribution in [-0.4, -0.2) is 12.4 Å². The second-order valence-electron chi connectivity index (χ2n) is 1.49. The Morgan fingerprint density at radius 1 is 1.78 bits per heavy atom. The van der Waals surface area contributed by atoms with Gasteiger partial charge in [0.1, 0.15) is 5.76 Å². The number of alkyl halides is 1. The first kappa shape index (κ1) is 8.76. The van der Waals surface area contributed by atoms with Crippen molar-refractivity contribution in [3.8, 4) is 0 Å². The third-order valence-corrected chi connectivity index (χ3v) is 1.35. The summed E-state index contributed by atoms with van der Waals surface area (Å²) in [4.78, 5) is 0. The van der Waals surface area contributed by atoms with Crippen molar-refractivity contribution in [3.05, 3.63) is 24.5 Å². The molecule has 0 aromatic rings. The van der Waals surface area contributed by atoms with E-state index in [0.717, 1.165) is 17.5 Å². The fraction of sp³-hybridized carbons (Fsp3) is 0.429. The summed E-state index contributed by atoms with van der Waals surface area (Å²) in [6.45, 7) is 3.58. The lowest BCUT2D eigenvalue weighted by Gasteiger charge is -1.96. The molecule has 0 amide bonds. The van der Waals surface area contributed by atoms with E-state index in [2.05, 4.69) is 22.5 Å². The predicted octanol–water partition coefficient (Wildman–Crippen LogP) is 2.49. The Kier molecular flexibility index (Phi) is 5.73. The number of hydrogen-bond acceptors (Lipinski definition) is 1. The van der Waals surface area contributed by atoms with Crippen LogP contribution in [0.1, 0.15) is 6.42 Å². The summed E-state index contributed by atoms with van der Waals surface area (Å²) in [7, 11) is 1.64. The van der Waals surface area contributed by atoms with E-state index in [-0.39, 0.29) is 0 Å². The fourth-order valence-electron chi connectivity index (χ4n) is 0.447. The highest BCUT2D eigenvalue weighted by Crippen LogP contribution is 1.99. The zero-order valence-corrected chi connectivity index (χ0v) is 7.15. The first-order chi connectivity index (χ1) is 4.35. The van der Waals surface area contributed by atoms with Crippen LogP contribution in [0.15, 0.2) is 24.5 Å². The number of halogens is 1. The molecule has 52 valence electrons. The molecule has 0 aliphatic carbocycles. The quantitative estimate of drug-likeness (QED) is 0.376. The largest absolute Gasteiger partial charge is 0.497 e. The van der Waals surface area contributed by atoms with Gasteiger partial charge in [0.2, 0.25) is 0 Å². The number of ether oxygens (including phenoxy) is 1. The summed E-state index contributed by atoms with van der Waals surface area (Å²) in [6.07, 6.45) is 4.67. The first-order valence-corrected chi connectivity index (χ1v) is 3.89. The number of allylic oxidation sites excluding steroid dienone is 2. The molecule has 0 spiro atoms. The average Bonchev–Trinajstić information content (AvgIpc) is 1.91. The molecule has 0 unspecified atom stereocenters. The minimum absolute atomic E-state index is 0.842. The van der Waals surface area contributed by atoms with Crippen LogP contribution in [0.4, 0.5) is 0 Å². The van der Waals surface area contributed by atoms with Gasteiger partial charge in [-0.25, -0.2) is 0 Å². The van der Waals surface area contributed by atoms with Gasteiger partial charge in [-0.15, -0.1) is 0 Å². The molecule has 0 saturated heterocycles. The van der Waals surface area contributed by atoms with Crippen LogP contribution in [0.3, 0.4) is 0 Å². The van der Waals surface area contributed by atoms with Gasteiger partial charge >= 0.3 is 0 Å². The lowest BCUT2D eigenvalue weighted by molar-refractivity contribution is 0.305. The summed E-state index contributed by atoms with van der Waals surface area (Å²) in [6, 6.07) is 0. The zero-order chi connectivity index (χ0) is 7.11. The van der Waals surface area contributed by atoms with Gasteiger partial charge in [-0.2, -0.15) is 0 Å². The van der Waals surface area contributed by atoms with Gasteiger partial charge in [0, 0.05) is 5.33 Å². The highest BCUT2D eigenvalue weighted by atomic mass is 79.9. The Morgan fingerprint density at radius 3 is 2.78 bits per heavy atom. The Labute approximate surface area is 64.5 Å². The lowest BCUT2D eigenvalue weighted by atomic mass is 10.4. The molecule has 0 aromatic carbocycles. The van der Waals surface area contributed by atoms with Crippen molar-refractivity contribution in [2.24, 2.45) is 0 Å². The van der Waals surface area contributed by atoms with Crippen molar-refractivity contribution in [3.63, 3.8) is 0 Å². The van der Waals surface area contributed by atoms with E-state index in [1.165, 1.54) is 0 Å². The van der Waals surface area contributed by atoms with E-state index in [9.17, 15) is 0 Å². The van der Waals surface area contributed by atoms with Crippen LogP contribution in [0.5, 0.6) is 0 Å². The maximum Gasteiger partial charge on any atom is 0.114 e. The Morgan fingerprint density at radius 2 is 2.44 bits per heavy atom. The van der Waals surface area contributed by atoms with E-state index in [1.807, 2.05) is 6.08 Å². The van der Waals surface area contributed by atoms with Crippen molar-refractivity contribution < 1.29 is 4.74 Å². The van der Waals surface area contributed by atoms with Crippen LogP contribution < -0.4 is 0 Å². The average molecular weight is 191 g/mol. The van der Waals surface area contributed by atoms with Crippen LogP contribution in [0, 0.1) is 0 Å². The van der Waals surface area contributed by atoms with Crippen molar-refractivity contribution in [2.75, 3.05) is 12.4 Å². The first-order valence-electron chi connectivity index (χ1n) is 2.77. The van der Waals surface area contributed by atoms with Gasteiger partial charge < -0.3 is 4.74 Å². The zero-order valence-electron chi connectivity index (χ0n) is 5.56. The molecular formula is C7H11BrO. The Hall–Kier alpha value is -0.240. The maximum absolute atomic E-state index is 4.92. The molecule has 0 rings (SSSR count). The monoisotopic (exact) mass is 190 g/mol. The third-order valence-electron chi connectivity index (χ3n) is 0.892. The smallest absolute Gasteiger partial charge is 0.114 e.